The van der Waals surface area contributed by atoms with E-state index in [4.69, 9.17) is 10.5 Å². The predicted octanol–water partition coefficient (Wildman–Crippen LogP) is 4.01. The molecule has 4 unspecified atom stereocenters. The van der Waals surface area contributed by atoms with Gasteiger partial charge in [-0.25, -0.2) is 4.98 Å². The van der Waals surface area contributed by atoms with E-state index in [1.165, 1.54) is 38.5 Å². The largest absolute Gasteiger partial charge is 0.496 e. The molecule has 0 spiro atoms. The number of hydrogen-bond donors (Lipinski definition) is 3. The van der Waals surface area contributed by atoms with E-state index >= 15 is 0 Å². The van der Waals surface area contributed by atoms with Gasteiger partial charge in [-0.05, 0) is 48.3 Å². The zero-order valence-electron chi connectivity index (χ0n) is 20.7. The van der Waals surface area contributed by atoms with Crippen LogP contribution >= 0.6 is 0 Å². The second-order valence-corrected chi connectivity index (χ2v) is 10.1. The number of fused-ring (bicyclic) bond motifs is 1. The highest BCUT2D eigenvalue weighted by Crippen LogP contribution is 2.45. The Morgan fingerprint density at radius 1 is 1.09 bits per heavy atom. The van der Waals surface area contributed by atoms with E-state index in [0.29, 0.717) is 36.4 Å². The molecule has 2 saturated carbocycles. The van der Waals surface area contributed by atoms with E-state index in [-0.39, 0.29) is 18.2 Å². The first-order valence-electron chi connectivity index (χ1n) is 12.9. The van der Waals surface area contributed by atoms with E-state index in [9.17, 15) is 9.59 Å². The number of aromatic nitrogens is 1. The molecule has 1 aromatic carbocycles. The summed E-state index contributed by atoms with van der Waals surface area (Å²) in [6.07, 6.45) is 11.3. The fourth-order valence-corrected chi connectivity index (χ4v) is 6.02. The summed E-state index contributed by atoms with van der Waals surface area (Å²) in [4.78, 5) is 30.5. The van der Waals surface area contributed by atoms with Crippen molar-refractivity contribution in [2.75, 3.05) is 12.8 Å². The van der Waals surface area contributed by atoms with E-state index in [0.717, 1.165) is 23.5 Å². The summed E-state index contributed by atoms with van der Waals surface area (Å²) in [6.45, 7) is 0.349. The molecule has 2 aliphatic carbocycles. The fourth-order valence-electron chi connectivity index (χ4n) is 6.02. The number of hydrogen-bond acceptors (Lipinski definition) is 5. The van der Waals surface area contributed by atoms with Crippen molar-refractivity contribution < 1.29 is 14.3 Å². The van der Waals surface area contributed by atoms with Crippen molar-refractivity contribution in [2.24, 2.45) is 17.8 Å². The summed E-state index contributed by atoms with van der Waals surface area (Å²) in [5.41, 5.74) is 7.35. The Morgan fingerprint density at radius 3 is 2.69 bits per heavy atom. The highest BCUT2D eigenvalue weighted by Gasteiger charge is 2.37. The van der Waals surface area contributed by atoms with E-state index in [1.54, 1.807) is 19.4 Å². The molecule has 2 fully saturated rings. The molecule has 2 aliphatic rings. The molecule has 4 atom stereocenters. The standard InChI is InChI=1S/C28H38N4O3/c1-35-25-12-5-3-8-22(25)16-27(33)32-24(28(34)31-18-19-13-14-26(29)30-17-19)15-21-10-6-9-20-7-2-4-11-23(20)21/h3,5,8,12-14,17,20-21,23-24H,2,4,6-7,9-11,15-16,18H2,1H3,(H2,29,30)(H,31,34)(H,32,33). The van der Waals surface area contributed by atoms with Crippen molar-refractivity contribution in [1.82, 2.24) is 15.6 Å². The Morgan fingerprint density at radius 2 is 1.89 bits per heavy atom. The second-order valence-electron chi connectivity index (χ2n) is 10.1. The van der Waals surface area contributed by atoms with Gasteiger partial charge in [0, 0.05) is 18.3 Å². The van der Waals surface area contributed by atoms with Crippen molar-refractivity contribution >= 4 is 17.6 Å². The number of rotatable bonds is 9. The number of nitrogen functional groups attached to an aromatic ring is 1. The van der Waals surface area contributed by atoms with Crippen LogP contribution in [0.15, 0.2) is 42.6 Å². The maximum Gasteiger partial charge on any atom is 0.242 e. The molecular weight excluding hydrogens is 440 g/mol. The monoisotopic (exact) mass is 478 g/mol. The quantitative estimate of drug-likeness (QED) is 0.505. The summed E-state index contributed by atoms with van der Waals surface area (Å²) < 4.78 is 5.40. The first-order valence-corrected chi connectivity index (χ1v) is 12.9. The molecule has 0 bridgehead atoms. The number of pyridine rings is 1. The minimum Gasteiger partial charge on any atom is -0.496 e. The van der Waals surface area contributed by atoms with Gasteiger partial charge >= 0.3 is 0 Å². The molecule has 7 nitrogen and oxygen atoms in total. The van der Waals surface area contributed by atoms with Crippen LogP contribution in [-0.4, -0.2) is 29.9 Å². The Labute approximate surface area is 208 Å². The maximum atomic E-state index is 13.3. The zero-order valence-corrected chi connectivity index (χ0v) is 20.7. The third kappa shape index (κ3) is 6.74. The Kier molecular flexibility index (Phi) is 8.61. The smallest absolute Gasteiger partial charge is 0.242 e. The lowest BCUT2D eigenvalue weighted by Gasteiger charge is -2.42. The van der Waals surface area contributed by atoms with Crippen LogP contribution < -0.4 is 21.1 Å². The normalized spacial score (nSPS) is 22.5. The Bertz CT molecular complexity index is 992. The van der Waals surface area contributed by atoms with Gasteiger partial charge in [0.15, 0.2) is 0 Å². The molecular formula is C28H38N4O3. The van der Waals surface area contributed by atoms with Crippen molar-refractivity contribution in [2.45, 2.75) is 70.4 Å². The minimum atomic E-state index is -0.565. The van der Waals surface area contributed by atoms with Gasteiger partial charge in [-0.1, -0.05) is 62.8 Å². The number of ether oxygens (including phenoxy) is 1. The predicted molar refractivity (Wildman–Crippen MR) is 137 cm³/mol. The molecule has 35 heavy (non-hydrogen) atoms. The van der Waals surface area contributed by atoms with Crippen LogP contribution in [0.3, 0.4) is 0 Å². The summed E-state index contributed by atoms with van der Waals surface area (Å²) in [6, 6.07) is 10.5. The number of nitrogens with zero attached hydrogens (tertiary/aromatic N) is 1. The van der Waals surface area contributed by atoms with Crippen LogP contribution in [-0.2, 0) is 22.6 Å². The van der Waals surface area contributed by atoms with Gasteiger partial charge in [-0.2, -0.15) is 0 Å². The third-order valence-electron chi connectivity index (χ3n) is 7.77. The SMILES string of the molecule is COc1ccccc1CC(=O)NC(CC1CCCC2CCCCC21)C(=O)NCc1ccc(N)nc1. The summed E-state index contributed by atoms with van der Waals surface area (Å²) in [5.74, 6) is 2.72. The first kappa shape index (κ1) is 25.0. The fraction of sp³-hybridized carbons (Fsp3) is 0.536. The van der Waals surface area contributed by atoms with Gasteiger partial charge in [0.1, 0.15) is 17.6 Å². The number of methoxy groups -OCH3 is 1. The number of para-hydroxylation sites is 1. The number of nitrogens with one attached hydrogen (secondary N) is 2. The topological polar surface area (TPSA) is 106 Å². The maximum absolute atomic E-state index is 13.3. The van der Waals surface area contributed by atoms with Gasteiger partial charge < -0.3 is 21.1 Å². The molecule has 7 heteroatoms. The highest BCUT2D eigenvalue weighted by atomic mass is 16.5. The molecule has 4 rings (SSSR count). The number of amides is 2. The van der Waals surface area contributed by atoms with Crippen LogP contribution in [0.4, 0.5) is 5.82 Å². The first-order chi connectivity index (χ1) is 17.0. The molecule has 0 radical (unpaired) electrons. The van der Waals surface area contributed by atoms with Gasteiger partial charge in [0.2, 0.25) is 11.8 Å². The van der Waals surface area contributed by atoms with Crippen molar-refractivity contribution in [3.63, 3.8) is 0 Å². The van der Waals surface area contributed by atoms with E-state index < -0.39 is 6.04 Å². The number of nitrogens with two attached hydrogens (primary N) is 1. The summed E-state index contributed by atoms with van der Waals surface area (Å²) >= 11 is 0. The number of benzene rings is 1. The number of anilines is 1. The molecule has 0 aliphatic heterocycles. The number of carbonyl (C=O) groups excluding carboxylic acids is 2. The Balaban J connectivity index is 1.45. The Hall–Kier alpha value is -3.09. The van der Waals surface area contributed by atoms with E-state index in [2.05, 4.69) is 15.6 Å². The molecule has 1 heterocycles. The van der Waals surface area contributed by atoms with Crippen LogP contribution in [0.5, 0.6) is 5.75 Å². The van der Waals surface area contributed by atoms with Crippen LogP contribution in [0.1, 0.15) is 62.5 Å². The molecule has 0 saturated heterocycles. The van der Waals surface area contributed by atoms with E-state index in [1.807, 2.05) is 30.3 Å². The third-order valence-corrected chi connectivity index (χ3v) is 7.77. The van der Waals surface area contributed by atoms with Crippen LogP contribution in [0.25, 0.3) is 0 Å². The van der Waals surface area contributed by atoms with Crippen molar-refractivity contribution in [1.29, 1.82) is 0 Å². The molecule has 4 N–H and O–H groups in total. The highest BCUT2D eigenvalue weighted by molar-refractivity contribution is 5.88. The number of carbonyl (C=O) groups is 2. The van der Waals surface area contributed by atoms with Gasteiger partial charge in [-0.15, -0.1) is 0 Å². The van der Waals surface area contributed by atoms with Gasteiger partial charge in [-0.3, -0.25) is 9.59 Å². The van der Waals surface area contributed by atoms with Crippen LogP contribution in [0.2, 0.25) is 0 Å². The molecule has 1 aromatic heterocycles. The second kappa shape index (κ2) is 12.0. The summed E-state index contributed by atoms with van der Waals surface area (Å²) in [7, 11) is 1.60. The minimum absolute atomic E-state index is 0.145. The lowest BCUT2D eigenvalue weighted by molar-refractivity contribution is -0.129. The molecule has 2 amide bonds. The van der Waals surface area contributed by atoms with Crippen LogP contribution in [0, 0.1) is 17.8 Å². The lowest BCUT2D eigenvalue weighted by Crippen LogP contribution is -2.49. The average molecular weight is 479 g/mol. The summed E-state index contributed by atoms with van der Waals surface area (Å²) in [5, 5.41) is 6.08. The molecule has 2 aromatic rings. The van der Waals surface area contributed by atoms with Gasteiger partial charge in [0.25, 0.3) is 0 Å². The van der Waals surface area contributed by atoms with Gasteiger partial charge in [0.05, 0.1) is 13.5 Å². The zero-order chi connectivity index (χ0) is 24.6. The molecule has 188 valence electrons. The average Bonchev–Trinajstić information content (AvgIpc) is 2.88. The van der Waals surface area contributed by atoms with Crippen molar-refractivity contribution in [3.8, 4) is 5.75 Å². The lowest BCUT2D eigenvalue weighted by atomic mass is 9.64. The van der Waals surface area contributed by atoms with Crippen molar-refractivity contribution in [3.05, 3.63) is 53.7 Å².